The third-order valence-electron chi connectivity index (χ3n) is 7.60. The van der Waals surface area contributed by atoms with Crippen molar-refractivity contribution in [2.75, 3.05) is 0 Å². The summed E-state index contributed by atoms with van der Waals surface area (Å²) in [5, 5.41) is 29.6. The van der Waals surface area contributed by atoms with Crippen LogP contribution in [0.4, 0.5) is 0 Å². The Morgan fingerprint density at radius 2 is 0.844 bits per heavy atom. The second-order valence-corrected chi connectivity index (χ2v) is 9.08. The Balaban J connectivity index is 1.64. The highest BCUT2D eigenvalue weighted by molar-refractivity contribution is 6.85. The quantitative estimate of drug-likeness (QED) is 0.301. The number of benzene rings is 6. The normalized spacial score (nSPS) is 13.8. The van der Waals surface area contributed by atoms with Crippen molar-refractivity contribution in [1.82, 2.24) is 0 Å². The van der Waals surface area contributed by atoms with Crippen LogP contribution in [-0.4, -0.2) is 23.9 Å². The Morgan fingerprint density at radius 3 is 1.31 bits per heavy atom. The Kier molecular flexibility index (Phi) is 2.98. The molecule has 146 valence electrons. The SMILES string of the molecule is OB1c2ccccc2-c2ccc3cc4c5c(ccc6cc1c2c3c65)-c1ccccc1B4O. The third-order valence-corrected chi connectivity index (χ3v) is 7.60. The molecule has 2 N–H and O–H groups in total. The molecule has 0 radical (unpaired) electrons. The molecule has 0 unspecified atom stereocenters. The van der Waals surface area contributed by atoms with Gasteiger partial charge in [-0.25, -0.2) is 0 Å². The molecule has 2 aliphatic rings. The van der Waals surface area contributed by atoms with Crippen molar-refractivity contribution in [2.24, 2.45) is 0 Å². The highest BCUT2D eigenvalue weighted by Gasteiger charge is 2.34. The van der Waals surface area contributed by atoms with Gasteiger partial charge in [0.25, 0.3) is 0 Å². The maximum Gasteiger partial charge on any atom is 0.360 e. The van der Waals surface area contributed by atoms with Gasteiger partial charge in [-0.05, 0) is 76.4 Å². The summed E-state index contributed by atoms with van der Waals surface area (Å²) in [7, 11) is 0. The first kappa shape index (κ1) is 17.0. The summed E-state index contributed by atoms with van der Waals surface area (Å²) in [4.78, 5) is 0. The minimum Gasteiger partial charge on any atom is -0.443 e. The van der Waals surface area contributed by atoms with E-state index < -0.39 is 13.8 Å². The zero-order chi connectivity index (χ0) is 21.1. The molecule has 8 rings (SSSR count). The molecular formula is C28H16B2O2. The van der Waals surface area contributed by atoms with E-state index in [2.05, 4.69) is 48.5 Å². The van der Waals surface area contributed by atoms with Crippen LogP contribution in [0.3, 0.4) is 0 Å². The van der Waals surface area contributed by atoms with Gasteiger partial charge in [0.2, 0.25) is 0 Å². The summed E-state index contributed by atoms with van der Waals surface area (Å²) in [6.07, 6.45) is 0. The maximum absolute atomic E-state index is 11.3. The van der Waals surface area contributed by atoms with Gasteiger partial charge in [-0.15, -0.1) is 0 Å². The molecule has 0 bridgehead atoms. The van der Waals surface area contributed by atoms with Crippen LogP contribution in [0.1, 0.15) is 0 Å². The van der Waals surface area contributed by atoms with E-state index in [0.717, 1.165) is 54.5 Å². The van der Waals surface area contributed by atoms with Crippen molar-refractivity contribution in [3.63, 3.8) is 0 Å². The topological polar surface area (TPSA) is 40.5 Å². The molecule has 0 aromatic heterocycles. The summed E-state index contributed by atoms with van der Waals surface area (Å²) >= 11 is 0. The van der Waals surface area contributed by atoms with Gasteiger partial charge in [0.15, 0.2) is 0 Å². The molecular weight excluding hydrogens is 390 g/mol. The van der Waals surface area contributed by atoms with Gasteiger partial charge in [-0.3, -0.25) is 0 Å². The average molecular weight is 406 g/mol. The lowest BCUT2D eigenvalue weighted by Gasteiger charge is -2.29. The summed E-state index contributed by atoms with van der Waals surface area (Å²) in [6, 6.07) is 29.3. The van der Waals surface area contributed by atoms with Crippen molar-refractivity contribution in [2.45, 2.75) is 0 Å². The van der Waals surface area contributed by atoms with Crippen LogP contribution in [0.15, 0.2) is 84.9 Å². The van der Waals surface area contributed by atoms with Crippen LogP contribution >= 0.6 is 0 Å². The van der Waals surface area contributed by atoms with E-state index in [1.165, 1.54) is 21.9 Å². The fraction of sp³-hybridized carbons (Fsp3) is 0. The molecule has 0 amide bonds. The van der Waals surface area contributed by atoms with Crippen LogP contribution in [-0.2, 0) is 0 Å². The van der Waals surface area contributed by atoms with Gasteiger partial charge in [-0.1, -0.05) is 84.9 Å². The second-order valence-electron chi connectivity index (χ2n) is 9.08. The maximum atomic E-state index is 11.3. The Hall–Kier alpha value is -3.59. The second kappa shape index (κ2) is 5.60. The molecule has 0 saturated carbocycles. The molecule has 0 fully saturated rings. The lowest BCUT2D eigenvalue weighted by molar-refractivity contribution is 0.600. The zero-order valence-electron chi connectivity index (χ0n) is 17.1. The standard InChI is InChI=1S/C28H16B2O2/c31-29-21-7-3-1-5-17(21)19-11-9-15-14-24-28-20(18-6-2-4-8-22(18)30(24)32)12-10-16-13-23(29)27(19)25(15)26(16)28/h1-14,31-32H. The van der Waals surface area contributed by atoms with Crippen LogP contribution in [0, 0.1) is 0 Å². The first-order valence-electron chi connectivity index (χ1n) is 11.1. The lowest BCUT2D eigenvalue weighted by atomic mass is 9.48. The number of hydrogen-bond acceptors (Lipinski definition) is 2. The van der Waals surface area contributed by atoms with Gasteiger partial charge < -0.3 is 10.0 Å². The largest absolute Gasteiger partial charge is 0.443 e. The van der Waals surface area contributed by atoms with E-state index in [4.69, 9.17) is 0 Å². The zero-order valence-corrected chi connectivity index (χ0v) is 17.1. The minimum atomic E-state index is -0.647. The molecule has 0 spiro atoms. The number of fused-ring (bicyclic) bond motifs is 4. The smallest absolute Gasteiger partial charge is 0.360 e. The van der Waals surface area contributed by atoms with Gasteiger partial charge in [0.1, 0.15) is 0 Å². The van der Waals surface area contributed by atoms with E-state index in [9.17, 15) is 10.0 Å². The highest BCUT2D eigenvalue weighted by atomic mass is 16.2. The first-order valence-corrected chi connectivity index (χ1v) is 11.1. The first-order chi connectivity index (χ1) is 15.7. The predicted molar refractivity (Wildman–Crippen MR) is 135 cm³/mol. The Bertz CT molecular complexity index is 1640. The van der Waals surface area contributed by atoms with Crippen molar-refractivity contribution >= 4 is 68.0 Å². The van der Waals surface area contributed by atoms with Crippen molar-refractivity contribution in [3.05, 3.63) is 84.9 Å². The van der Waals surface area contributed by atoms with Gasteiger partial charge in [-0.2, -0.15) is 0 Å². The molecule has 2 aliphatic heterocycles. The predicted octanol–water partition coefficient (Wildman–Crippen LogP) is 2.74. The molecule has 2 nitrogen and oxygen atoms in total. The Labute approximate surface area is 185 Å². The monoisotopic (exact) mass is 406 g/mol. The van der Waals surface area contributed by atoms with Crippen LogP contribution < -0.4 is 21.9 Å². The fourth-order valence-electron chi connectivity index (χ4n) is 6.27. The molecule has 0 saturated heterocycles. The van der Waals surface area contributed by atoms with E-state index in [1.807, 2.05) is 36.4 Å². The summed E-state index contributed by atoms with van der Waals surface area (Å²) in [5.74, 6) is 0. The van der Waals surface area contributed by atoms with E-state index in [0.29, 0.717) is 0 Å². The van der Waals surface area contributed by atoms with Gasteiger partial charge in [0, 0.05) is 0 Å². The van der Waals surface area contributed by atoms with Crippen LogP contribution in [0.25, 0.3) is 54.6 Å². The average Bonchev–Trinajstić information content (AvgIpc) is 2.85. The minimum absolute atomic E-state index is 0.647. The highest BCUT2D eigenvalue weighted by Crippen LogP contribution is 2.42. The molecule has 2 heterocycles. The molecule has 4 heteroatoms. The fourth-order valence-corrected chi connectivity index (χ4v) is 6.27. The lowest BCUT2D eigenvalue weighted by Crippen LogP contribution is -2.47. The van der Waals surface area contributed by atoms with Crippen molar-refractivity contribution in [3.8, 4) is 22.3 Å². The molecule has 0 atom stereocenters. The molecule has 6 aromatic rings. The van der Waals surface area contributed by atoms with Gasteiger partial charge in [0.05, 0.1) is 0 Å². The van der Waals surface area contributed by atoms with E-state index >= 15 is 0 Å². The van der Waals surface area contributed by atoms with Crippen molar-refractivity contribution in [1.29, 1.82) is 0 Å². The van der Waals surface area contributed by atoms with Crippen molar-refractivity contribution < 1.29 is 10.0 Å². The van der Waals surface area contributed by atoms with Gasteiger partial charge >= 0.3 is 13.8 Å². The number of rotatable bonds is 0. The van der Waals surface area contributed by atoms with E-state index in [-0.39, 0.29) is 0 Å². The van der Waals surface area contributed by atoms with E-state index in [1.54, 1.807) is 0 Å². The molecule has 32 heavy (non-hydrogen) atoms. The molecule has 6 aromatic carbocycles. The third kappa shape index (κ3) is 1.83. The number of hydrogen-bond donors (Lipinski definition) is 2. The summed E-state index contributed by atoms with van der Waals surface area (Å²) in [6.45, 7) is -1.29. The van der Waals surface area contributed by atoms with Crippen LogP contribution in [0.5, 0.6) is 0 Å². The summed E-state index contributed by atoms with van der Waals surface area (Å²) in [5.41, 5.74) is 8.41. The summed E-state index contributed by atoms with van der Waals surface area (Å²) < 4.78 is 0. The molecule has 0 aliphatic carbocycles. The Morgan fingerprint density at radius 1 is 0.406 bits per heavy atom. The van der Waals surface area contributed by atoms with Crippen LogP contribution in [0.2, 0.25) is 0 Å².